The van der Waals surface area contributed by atoms with Gasteiger partial charge in [0.15, 0.2) is 0 Å². The van der Waals surface area contributed by atoms with E-state index >= 15 is 0 Å². The van der Waals surface area contributed by atoms with Gasteiger partial charge in [-0.05, 0) is 46.6 Å². The molecule has 1 aromatic carbocycles. The molecular weight excluding hydrogens is 358 g/mol. The zero-order valence-corrected chi connectivity index (χ0v) is 14.4. The van der Waals surface area contributed by atoms with Gasteiger partial charge in [0.25, 0.3) is 5.91 Å². The normalized spacial score (nSPS) is 10.7. The fraction of sp³-hybridized carbons (Fsp3) is 0.188. The van der Waals surface area contributed by atoms with Gasteiger partial charge in [0.05, 0.1) is 22.9 Å². The lowest BCUT2D eigenvalue weighted by molar-refractivity contribution is 0.101. The summed E-state index contributed by atoms with van der Waals surface area (Å²) >= 11 is 3.38. The number of hydrogen-bond acceptors (Lipinski definition) is 3. The molecule has 0 aliphatic heterocycles. The molecule has 1 N–H and O–H groups in total. The highest BCUT2D eigenvalue weighted by Gasteiger charge is 2.12. The van der Waals surface area contributed by atoms with Gasteiger partial charge in [-0.2, -0.15) is 10.2 Å². The summed E-state index contributed by atoms with van der Waals surface area (Å²) in [5.74, 6) is -0.174. The second-order valence-corrected chi connectivity index (χ2v) is 6.22. The summed E-state index contributed by atoms with van der Waals surface area (Å²) in [6.07, 6.45) is 3.65. The molecule has 3 rings (SSSR count). The van der Waals surface area contributed by atoms with E-state index in [2.05, 4.69) is 31.4 Å². The number of hydrogen-bond donors (Lipinski definition) is 1. The summed E-state index contributed by atoms with van der Waals surface area (Å²) in [5, 5.41) is 11.3. The molecule has 2 heterocycles. The molecule has 1 amide bonds. The number of benzene rings is 1. The van der Waals surface area contributed by atoms with Crippen LogP contribution in [0.2, 0.25) is 0 Å². The van der Waals surface area contributed by atoms with Gasteiger partial charge in [-0.25, -0.2) is 0 Å². The van der Waals surface area contributed by atoms with E-state index in [4.69, 9.17) is 0 Å². The number of amides is 1. The molecule has 0 aliphatic rings. The molecule has 7 heteroatoms. The van der Waals surface area contributed by atoms with E-state index in [1.807, 2.05) is 42.1 Å². The second kappa shape index (κ2) is 6.37. The van der Waals surface area contributed by atoms with Crippen LogP contribution in [0.4, 0.5) is 5.69 Å². The van der Waals surface area contributed by atoms with Crippen molar-refractivity contribution in [2.45, 2.75) is 13.5 Å². The smallest absolute Gasteiger partial charge is 0.273 e. The average molecular weight is 374 g/mol. The van der Waals surface area contributed by atoms with Crippen LogP contribution in [0.15, 0.2) is 47.2 Å². The number of aromatic nitrogens is 4. The van der Waals surface area contributed by atoms with Crippen molar-refractivity contribution in [1.29, 1.82) is 0 Å². The summed E-state index contributed by atoms with van der Waals surface area (Å²) in [7, 11) is 1.76. The number of anilines is 1. The van der Waals surface area contributed by atoms with Crippen LogP contribution in [-0.4, -0.2) is 25.5 Å². The van der Waals surface area contributed by atoms with Crippen molar-refractivity contribution in [1.82, 2.24) is 19.6 Å². The molecule has 0 bridgehead atoms. The van der Waals surface area contributed by atoms with Crippen LogP contribution < -0.4 is 5.32 Å². The molecule has 0 unspecified atom stereocenters. The Morgan fingerprint density at radius 3 is 2.83 bits per heavy atom. The minimum atomic E-state index is -0.174. The van der Waals surface area contributed by atoms with Crippen LogP contribution in [0.1, 0.15) is 21.7 Å². The summed E-state index contributed by atoms with van der Waals surface area (Å²) in [5.41, 5.74) is 3.15. The van der Waals surface area contributed by atoms with Gasteiger partial charge >= 0.3 is 0 Å². The number of halogens is 1. The van der Waals surface area contributed by atoms with Gasteiger partial charge < -0.3 is 5.32 Å². The maximum atomic E-state index is 12.3. The third-order valence-electron chi connectivity index (χ3n) is 3.37. The Labute approximate surface area is 142 Å². The molecule has 6 nitrogen and oxygen atoms in total. The van der Waals surface area contributed by atoms with Crippen molar-refractivity contribution < 1.29 is 4.79 Å². The number of nitrogens with one attached hydrogen (secondary N) is 1. The third kappa shape index (κ3) is 3.68. The van der Waals surface area contributed by atoms with Crippen molar-refractivity contribution in [2.75, 3.05) is 5.32 Å². The van der Waals surface area contributed by atoms with Crippen LogP contribution in [0.3, 0.4) is 0 Å². The highest BCUT2D eigenvalue weighted by Crippen LogP contribution is 2.15. The van der Waals surface area contributed by atoms with E-state index in [1.165, 1.54) is 0 Å². The van der Waals surface area contributed by atoms with Gasteiger partial charge in [0, 0.05) is 18.9 Å². The number of carbonyl (C=O) groups excluding carboxylic acids is 1. The first-order valence-electron chi connectivity index (χ1n) is 7.10. The van der Waals surface area contributed by atoms with Crippen LogP contribution in [0, 0.1) is 6.92 Å². The van der Waals surface area contributed by atoms with E-state index in [1.54, 1.807) is 24.0 Å². The summed E-state index contributed by atoms with van der Waals surface area (Å²) in [4.78, 5) is 12.3. The highest BCUT2D eigenvalue weighted by molar-refractivity contribution is 9.10. The Kier molecular flexibility index (Phi) is 4.29. The van der Waals surface area contributed by atoms with Gasteiger partial charge in [-0.15, -0.1) is 0 Å². The Bertz CT molecular complexity index is 852. The Morgan fingerprint density at radius 2 is 2.17 bits per heavy atom. The number of carbonyl (C=O) groups is 1. The predicted molar refractivity (Wildman–Crippen MR) is 91.4 cm³/mol. The molecule has 0 saturated heterocycles. The molecule has 0 fully saturated rings. The fourth-order valence-electron chi connectivity index (χ4n) is 2.38. The Morgan fingerprint density at radius 1 is 1.35 bits per heavy atom. The van der Waals surface area contributed by atoms with Crippen molar-refractivity contribution in [3.05, 3.63) is 64.1 Å². The lowest BCUT2D eigenvalue weighted by atomic mass is 10.2. The van der Waals surface area contributed by atoms with Crippen molar-refractivity contribution in [3.63, 3.8) is 0 Å². The van der Waals surface area contributed by atoms with Crippen molar-refractivity contribution >= 4 is 27.5 Å². The van der Waals surface area contributed by atoms with Crippen LogP contribution in [0.25, 0.3) is 0 Å². The van der Waals surface area contributed by atoms with Gasteiger partial charge in [-0.1, -0.05) is 12.1 Å². The first-order valence-corrected chi connectivity index (χ1v) is 7.89. The minimum Gasteiger partial charge on any atom is -0.321 e. The molecule has 0 atom stereocenters. The summed E-state index contributed by atoms with van der Waals surface area (Å²) in [6.45, 7) is 2.50. The van der Waals surface area contributed by atoms with Crippen LogP contribution in [0.5, 0.6) is 0 Å². The fourth-order valence-corrected chi connectivity index (χ4v) is 2.71. The van der Waals surface area contributed by atoms with E-state index in [0.29, 0.717) is 12.2 Å². The Balaban J connectivity index is 1.74. The van der Waals surface area contributed by atoms with Gasteiger partial charge in [-0.3, -0.25) is 14.2 Å². The number of nitrogens with zero attached hydrogens (tertiary/aromatic N) is 4. The lowest BCUT2D eigenvalue weighted by Gasteiger charge is -2.08. The molecule has 23 heavy (non-hydrogen) atoms. The highest BCUT2D eigenvalue weighted by atomic mass is 79.9. The molecule has 118 valence electrons. The van der Waals surface area contributed by atoms with Crippen molar-refractivity contribution in [2.24, 2.45) is 7.05 Å². The Hall–Kier alpha value is -2.41. The molecule has 0 aliphatic carbocycles. The van der Waals surface area contributed by atoms with E-state index in [9.17, 15) is 4.79 Å². The first kappa shape index (κ1) is 15.5. The maximum Gasteiger partial charge on any atom is 0.273 e. The SMILES string of the molecule is Cc1cc(C(=O)Nc2cccc(Cn3cc(Br)cn3)c2)n(C)n1. The van der Waals surface area contributed by atoms with Gasteiger partial charge in [0.1, 0.15) is 5.69 Å². The zero-order valence-electron chi connectivity index (χ0n) is 12.8. The lowest BCUT2D eigenvalue weighted by Crippen LogP contribution is -2.16. The second-order valence-electron chi connectivity index (χ2n) is 5.31. The average Bonchev–Trinajstić information content (AvgIpc) is 3.04. The first-order chi connectivity index (χ1) is 11.0. The third-order valence-corrected chi connectivity index (χ3v) is 3.78. The molecule has 0 radical (unpaired) electrons. The molecule has 0 spiro atoms. The van der Waals surface area contributed by atoms with Crippen LogP contribution >= 0.6 is 15.9 Å². The van der Waals surface area contributed by atoms with Gasteiger partial charge in [0.2, 0.25) is 0 Å². The maximum absolute atomic E-state index is 12.3. The van der Waals surface area contributed by atoms with E-state index in [-0.39, 0.29) is 5.91 Å². The monoisotopic (exact) mass is 373 g/mol. The summed E-state index contributed by atoms with van der Waals surface area (Å²) < 4.78 is 4.35. The molecule has 0 saturated carbocycles. The number of aryl methyl sites for hydroxylation is 2. The van der Waals surface area contributed by atoms with Crippen molar-refractivity contribution in [3.8, 4) is 0 Å². The minimum absolute atomic E-state index is 0.174. The number of rotatable bonds is 4. The predicted octanol–water partition coefficient (Wildman–Crippen LogP) is 2.99. The van der Waals surface area contributed by atoms with E-state index in [0.717, 1.165) is 21.4 Å². The van der Waals surface area contributed by atoms with Crippen LogP contribution in [-0.2, 0) is 13.6 Å². The zero-order chi connectivity index (χ0) is 16.4. The molecular formula is C16H16BrN5O. The topological polar surface area (TPSA) is 64.7 Å². The quantitative estimate of drug-likeness (QED) is 0.764. The molecule has 2 aromatic heterocycles. The van der Waals surface area contributed by atoms with E-state index < -0.39 is 0 Å². The summed E-state index contributed by atoms with van der Waals surface area (Å²) in [6, 6.07) is 9.48. The molecule has 3 aromatic rings. The standard InChI is InChI=1S/C16H16BrN5O/c1-11-6-15(21(2)20-11)16(23)19-14-5-3-4-12(7-14)9-22-10-13(17)8-18-22/h3-8,10H,9H2,1-2H3,(H,19,23). The largest absolute Gasteiger partial charge is 0.321 e.